The number of hydrogen-bond acceptors (Lipinski definition) is 0. The van der Waals surface area contributed by atoms with E-state index in [1.165, 1.54) is 127 Å². The van der Waals surface area contributed by atoms with E-state index in [1.807, 2.05) is 0 Å². The Bertz CT molecular complexity index is 689. The minimum Gasteiger partial charge on any atom is -0.0804 e. The Morgan fingerprint density at radius 2 is 0.969 bits per heavy atom. The second kappa shape index (κ2) is 14.8. The lowest BCUT2D eigenvalue weighted by Gasteiger charge is -2.23. The summed E-state index contributed by atoms with van der Waals surface area (Å²) in [5.41, 5.74) is 6.13. The van der Waals surface area contributed by atoms with Crippen LogP contribution >= 0.6 is 0 Å². The molecule has 0 aromatic heterocycles. The van der Waals surface area contributed by atoms with Gasteiger partial charge >= 0.3 is 0 Å². The van der Waals surface area contributed by atoms with Crippen molar-refractivity contribution in [2.75, 3.05) is 0 Å². The lowest BCUT2D eigenvalue weighted by molar-refractivity contribution is 0.423. The maximum Gasteiger partial charge on any atom is -0.0227 e. The van der Waals surface area contributed by atoms with Crippen LogP contribution in [0.25, 0.3) is 11.1 Å². The third-order valence-electron chi connectivity index (χ3n) is 8.10. The van der Waals surface area contributed by atoms with E-state index in [4.69, 9.17) is 0 Å². The monoisotopic (exact) mass is 434 g/mol. The molecule has 178 valence electrons. The fourth-order valence-corrected chi connectivity index (χ4v) is 5.80. The molecule has 2 unspecified atom stereocenters. The molecule has 0 heterocycles. The molecule has 0 saturated heterocycles. The number of rotatable bonds is 14. The maximum absolute atomic E-state index is 2.56. The smallest absolute Gasteiger partial charge is 0.0227 e. The average Bonchev–Trinajstić information content (AvgIpc) is 2.85. The normalized spacial score (nSPS) is 21.3. The third-order valence-corrected chi connectivity index (χ3v) is 8.10. The molecular weight excluding hydrogens is 384 g/mol. The van der Waals surface area contributed by atoms with Crippen LogP contribution in [0.1, 0.15) is 141 Å². The Morgan fingerprint density at radius 1 is 0.562 bits per heavy atom. The Hall–Kier alpha value is -1.30. The Labute approximate surface area is 200 Å². The van der Waals surface area contributed by atoms with E-state index in [-0.39, 0.29) is 0 Å². The van der Waals surface area contributed by atoms with Gasteiger partial charge in [-0.2, -0.15) is 0 Å². The molecule has 1 aromatic carbocycles. The van der Waals surface area contributed by atoms with E-state index in [0.717, 1.165) is 11.8 Å². The zero-order valence-electron chi connectivity index (χ0n) is 21.3. The van der Waals surface area contributed by atoms with Gasteiger partial charge in [-0.1, -0.05) is 127 Å². The topological polar surface area (TPSA) is 0 Å². The minimum absolute atomic E-state index is 0.937. The van der Waals surface area contributed by atoms with Crippen molar-refractivity contribution in [3.8, 4) is 0 Å². The summed E-state index contributed by atoms with van der Waals surface area (Å²) in [6.45, 7) is 4.61. The van der Waals surface area contributed by atoms with Gasteiger partial charge in [0, 0.05) is 0 Å². The van der Waals surface area contributed by atoms with Gasteiger partial charge in [0.2, 0.25) is 0 Å². The molecule has 0 N–H and O–H groups in total. The lowest BCUT2D eigenvalue weighted by atomic mass is 9.82. The number of hydrogen-bond donors (Lipinski definition) is 0. The van der Waals surface area contributed by atoms with Crippen LogP contribution in [0, 0.1) is 11.8 Å². The molecule has 0 saturated carbocycles. The molecular formula is C32H50. The molecule has 1 aromatic rings. The molecule has 0 fully saturated rings. The first kappa shape index (κ1) is 25.3. The Morgan fingerprint density at radius 3 is 1.38 bits per heavy atom. The van der Waals surface area contributed by atoms with E-state index in [2.05, 4.69) is 50.3 Å². The predicted octanol–water partition coefficient (Wildman–Crippen LogP) is 10.8. The van der Waals surface area contributed by atoms with Crippen LogP contribution in [0.15, 0.2) is 36.4 Å². The van der Waals surface area contributed by atoms with Crippen molar-refractivity contribution in [1.82, 2.24) is 0 Å². The fourth-order valence-electron chi connectivity index (χ4n) is 5.80. The second-order valence-corrected chi connectivity index (χ2v) is 10.7. The van der Waals surface area contributed by atoms with Gasteiger partial charge in [0.1, 0.15) is 0 Å². The Kier molecular flexibility index (Phi) is 11.7. The number of benzene rings is 1. The largest absolute Gasteiger partial charge is 0.0804 e. The van der Waals surface area contributed by atoms with Crippen LogP contribution in [-0.2, 0) is 0 Å². The Balaban J connectivity index is 1.40. The molecule has 0 heteroatoms. The van der Waals surface area contributed by atoms with Gasteiger partial charge in [0.15, 0.2) is 0 Å². The van der Waals surface area contributed by atoms with Crippen molar-refractivity contribution >= 4 is 11.1 Å². The summed E-state index contributed by atoms with van der Waals surface area (Å²) in [7, 11) is 0. The highest BCUT2D eigenvalue weighted by Crippen LogP contribution is 2.35. The molecule has 32 heavy (non-hydrogen) atoms. The van der Waals surface area contributed by atoms with Gasteiger partial charge < -0.3 is 0 Å². The summed E-state index contributed by atoms with van der Waals surface area (Å²) in [5.74, 6) is 1.87. The summed E-state index contributed by atoms with van der Waals surface area (Å²) < 4.78 is 0. The molecule has 0 bridgehead atoms. The third kappa shape index (κ3) is 8.57. The molecule has 0 nitrogen and oxygen atoms in total. The molecule has 0 aliphatic heterocycles. The SMILES string of the molecule is CCCCCCCCC1CC=C(c2ccc(C3=CCC(CCCCCC)CC3)cc2)CC1. The standard InChI is InChI=1S/C32H50/c1-3-5-7-9-10-12-14-28-17-21-30(22-18-28)32-25-23-31(24-26-32)29-19-15-27(16-20-29)13-11-8-6-4-2/h19,21,23-28H,3-18,20,22H2,1-2H3. The average molecular weight is 435 g/mol. The molecule has 0 spiro atoms. The van der Waals surface area contributed by atoms with E-state index >= 15 is 0 Å². The highest BCUT2D eigenvalue weighted by Gasteiger charge is 2.17. The first-order valence-corrected chi connectivity index (χ1v) is 14.3. The van der Waals surface area contributed by atoms with Gasteiger partial charge in [0.05, 0.1) is 0 Å². The number of unbranched alkanes of at least 4 members (excludes halogenated alkanes) is 8. The van der Waals surface area contributed by atoms with Crippen molar-refractivity contribution in [2.45, 2.75) is 129 Å². The minimum atomic E-state index is 0.937. The van der Waals surface area contributed by atoms with Gasteiger partial charge in [-0.15, -0.1) is 0 Å². The summed E-state index contributed by atoms with van der Waals surface area (Å²) >= 11 is 0. The highest BCUT2D eigenvalue weighted by molar-refractivity contribution is 5.71. The van der Waals surface area contributed by atoms with Crippen molar-refractivity contribution in [1.29, 1.82) is 0 Å². The first-order chi connectivity index (χ1) is 15.8. The molecule has 2 aliphatic carbocycles. The van der Waals surface area contributed by atoms with Crippen LogP contribution in [0.2, 0.25) is 0 Å². The van der Waals surface area contributed by atoms with Crippen LogP contribution < -0.4 is 0 Å². The summed E-state index contributed by atoms with van der Waals surface area (Å²) in [5, 5.41) is 0. The van der Waals surface area contributed by atoms with Gasteiger partial charge in [-0.3, -0.25) is 0 Å². The van der Waals surface area contributed by atoms with Crippen LogP contribution in [-0.4, -0.2) is 0 Å². The molecule has 2 atom stereocenters. The predicted molar refractivity (Wildman–Crippen MR) is 144 cm³/mol. The molecule has 0 radical (unpaired) electrons. The summed E-state index contributed by atoms with van der Waals surface area (Å²) in [6.07, 6.45) is 30.1. The quantitative estimate of drug-likeness (QED) is 0.255. The molecule has 0 amide bonds. The van der Waals surface area contributed by atoms with Crippen LogP contribution in [0.5, 0.6) is 0 Å². The van der Waals surface area contributed by atoms with Gasteiger partial charge in [-0.25, -0.2) is 0 Å². The zero-order chi connectivity index (χ0) is 22.4. The van der Waals surface area contributed by atoms with E-state index in [1.54, 1.807) is 11.1 Å². The van der Waals surface area contributed by atoms with E-state index in [0.29, 0.717) is 0 Å². The van der Waals surface area contributed by atoms with Crippen LogP contribution in [0.3, 0.4) is 0 Å². The van der Waals surface area contributed by atoms with Gasteiger partial charge in [0.25, 0.3) is 0 Å². The summed E-state index contributed by atoms with van der Waals surface area (Å²) in [6, 6.07) is 9.58. The van der Waals surface area contributed by atoms with Crippen LogP contribution in [0.4, 0.5) is 0 Å². The lowest BCUT2D eigenvalue weighted by Crippen LogP contribution is -2.06. The number of allylic oxidation sites excluding steroid dienone is 4. The van der Waals surface area contributed by atoms with Crippen molar-refractivity contribution in [3.63, 3.8) is 0 Å². The van der Waals surface area contributed by atoms with Gasteiger partial charge in [-0.05, 0) is 72.6 Å². The first-order valence-electron chi connectivity index (χ1n) is 14.3. The zero-order valence-corrected chi connectivity index (χ0v) is 21.3. The second-order valence-electron chi connectivity index (χ2n) is 10.7. The fraction of sp³-hybridized carbons (Fsp3) is 0.688. The molecule has 3 rings (SSSR count). The summed E-state index contributed by atoms with van der Waals surface area (Å²) in [4.78, 5) is 0. The molecule has 2 aliphatic rings. The van der Waals surface area contributed by atoms with Crippen molar-refractivity contribution < 1.29 is 0 Å². The van der Waals surface area contributed by atoms with Crippen molar-refractivity contribution in [3.05, 3.63) is 47.5 Å². The maximum atomic E-state index is 2.56. The van der Waals surface area contributed by atoms with Crippen molar-refractivity contribution in [2.24, 2.45) is 11.8 Å². The highest BCUT2D eigenvalue weighted by atomic mass is 14.2. The van der Waals surface area contributed by atoms with E-state index < -0.39 is 0 Å². The van der Waals surface area contributed by atoms with E-state index in [9.17, 15) is 0 Å².